The highest BCUT2D eigenvalue weighted by atomic mass is 79.9. The van der Waals surface area contributed by atoms with E-state index in [0.29, 0.717) is 0 Å². The Hall–Kier alpha value is -1.09. The van der Waals surface area contributed by atoms with E-state index in [1.807, 2.05) is 26.0 Å². The Balaban J connectivity index is 2.54. The zero-order valence-electron chi connectivity index (χ0n) is 8.13. The van der Waals surface area contributed by atoms with Crippen LogP contribution in [0.25, 0.3) is 11.3 Å². The summed E-state index contributed by atoms with van der Waals surface area (Å²) in [5.41, 5.74) is 3.28. The molecule has 2 aromatic rings. The minimum absolute atomic E-state index is 0.956. The number of benzene rings is 1. The molecule has 1 heterocycles. The number of aromatic amines is 1. The van der Waals surface area contributed by atoms with Gasteiger partial charge in [-0.3, -0.25) is 0 Å². The van der Waals surface area contributed by atoms with Crippen molar-refractivity contribution < 1.29 is 0 Å². The zero-order valence-corrected chi connectivity index (χ0v) is 9.72. The summed E-state index contributed by atoms with van der Waals surface area (Å²) >= 11 is 3.45. The van der Waals surface area contributed by atoms with E-state index in [4.69, 9.17) is 0 Å². The number of nitrogens with one attached hydrogen (secondary N) is 1. The number of rotatable bonds is 1. The molecule has 14 heavy (non-hydrogen) atoms. The molecule has 0 radical (unpaired) electrons. The Morgan fingerprint density at radius 1 is 1.29 bits per heavy atom. The molecule has 0 aliphatic carbocycles. The van der Waals surface area contributed by atoms with E-state index in [0.717, 1.165) is 27.2 Å². The molecule has 0 atom stereocenters. The second kappa shape index (κ2) is 3.58. The smallest absolute Gasteiger partial charge is 0.103 e. The predicted molar refractivity (Wildman–Crippen MR) is 61.2 cm³/mol. The third-order valence-electron chi connectivity index (χ3n) is 2.10. The van der Waals surface area contributed by atoms with Crippen LogP contribution in [0.4, 0.5) is 0 Å². The zero-order chi connectivity index (χ0) is 10.1. The van der Waals surface area contributed by atoms with Crippen LogP contribution < -0.4 is 0 Å². The molecular weight excluding hydrogens is 240 g/mol. The summed E-state index contributed by atoms with van der Waals surface area (Å²) in [5.74, 6) is 0.956. The van der Waals surface area contributed by atoms with Crippen molar-refractivity contribution in [2.24, 2.45) is 0 Å². The standard InChI is InChI=1S/C11H11BrN2/c1-7-11(14-8(2)13-7)9-4-3-5-10(12)6-9/h3-6H,1-2H3,(H,13,14). The van der Waals surface area contributed by atoms with Crippen LogP contribution in [0.5, 0.6) is 0 Å². The van der Waals surface area contributed by atoms with Crippen LogP contribution in [0.2, 0.25) is 0 Å². The highest BCUT2D eigenvalue weighted by molar-refractivity contribution is 9.10. The number of imidazole rings is 1. The number of nitrogens with zero attached hydrogens (tertiary/aromatic N) is 1. The van der Waals surface area contributed by atoms with Crippen molar-refractivity contribution in [3.8, 4) is 11.3 Å². The maximum atomic E-state index is 4.45. The Kier molecular flexibility index (Phi) is 2.42. The summed E-state index contributed by atoms with van der Waals surface area (Å²) in [6.07, 6.45) is 0. The first-order valence-corrected chi connectivity index (χ1v) is 5.25. The molecule has 0 amide bonds. The van der Waals surface area contributed by atoms with Crippen LogP contribution in [0.15, 0.2) is 28.7 Å². The van der Waals surface area contributed by atoms with Gasteiger partial charge in [-0.1, -0.05) is 28.1 Å². The van der Waals surface area contributed by atoms with Crippen LogP contribution in [-0.2, 0) is 0 Å². The number of hydrogen-bond donors (Lipinski definition) is 1. The minimum atomic E-state index is 0.956. The first kappa shape index (κ1) is 9.46. The van der Waals surface area contributed by atoms with Crippen LogP contribution in [-0.4, -0.2) is 9.97 Å². The van der Waals surface area contributed by atoms with E-state index in [9.17, 15) is 0 Å². The number of hydrogen-bond acceptors (Lipinski definition) is 1. The van der Waals surface area contributed by atoms with Gasteiger partial charge in [0.2, 0.25) is 0 Å². The lowest BCUT2D eigenvalue weighted by Crippen LogP contribution is -1.80. The van der Waals surface area contributed by atoms with Crippen molar-refractivity contribution in [1.82, 2.24) is 9.97 Å². The fraction of sp³-hybridized carbons (Fsp3) is 0.182. The highest BCUT2D eigenvalue weighted by Gasteiger charge is 2.06. The van der Waals surface area contributed by atoms with Gasteiger partial charge in [-0.2, -0.15) is 0 Å². The molecular formula is C11H11BrN2. The molecule has 72 valence electrons. The molecule has 0 aliphatic heterocycles. The third kappa shape index (κ3) is 1.73. The predicted octanol–water partition coefficient (Wildman–Crippen LogP) is 3.46. The van der Waals surface area contributed by atoms with Crippen molar-refractivity contribution in [2.75, 3.05) is 0 Å². The van der Waals surface area contributed by atoms with Gasteiger partial charge in [0.25, 0.3) is 0 Å². The average Bonchev–Trinajstić information content (AvgIpc) is 2.45. The molecule has 0 saturated heterocycles. The molecule has 2 nitrogen and oxygen atoms in total. The molecule has 0 bridgehead atoms. The molecule has 2 rings (SSSR count). The van der Waals surface area contributed by atoms with Crippen molar-refractivity contribution in [1.29, 1.82) is 0 Å². The average molecular weight is 251 g/mol. The Bertz CT molecular complexity index is 460. The van der Waals surface area contributed by atoms with Crippen molar-refractivity contribution in [3.63, 3.8) is 0 Å². The molecule has 0 unspecified atom stereocenters. The lowest BCUT2D eigenvalue weighted by Gasteiger charge is -1.98. The molecule has 0 fully saturated rings. The fourth-order valence-electron chi connectivity index (χ4n) is 1.53. The normalized spacial score (nSPS) is 10.5. The van der Waals surface area contributed by atoms with Gasteiger partial charge in [0.15, 0.2) is 0 Å². The minimum Gasteiger partial charge on any atom is -0.346 e. The summed E-state index contributed by atoms with van der Waals surface area (Å²) in [6.45, 7) is 4.00. The molecule has 0 aliphatic rings. The number of aryl methyl sites for hydroxylation is 2. The van der Waals surface area contributed by atoms with Gasteiger partial charge in [0, 0.05) is 15.7 Å². The Labute approximate surface area is 91.5 Å². The van der Waals surface area contributed by atoms with E-state index < -0.39 is 0 Å². The summed E-state index contributed by atoms with van der Waals surface area (Å²) in [6, 6.07) is 8.16. The summed E-state index contributed by atoms with van der Waals surface area (Å²) in [7, 11) is 0. The SMILES string of the molecule is Cc1nc(-c2cccc(Br)c2)c(C)[nH]1. The van der Waals surface area contributed by atoms with Crippen molar-refractivity contribution >= 4 is 15.9 Å². The van der Waals surface area contributed by atoms with E-state index >= 15 is 0 Å². The Morgan fingerprint density at radius 3 is 2.64 bits per heavy atom. The summed E-state index contributed by atoms with van der Waals surface area (Å²) in [5, 5.41) is 0. The van der Waals surface area contributed by atoms with E-state index in [-0.39, 0.29) is 0 Å². The van der Waals surface area contributed by atoms with Crippen molar-refractivity contribution in [3.05, 3.63) is 40.3 Å². The van der Waals surface area contributed by atoms with E-state index in [1.54, 1.807) is 0 Å². The monoisotopic (exact) mass is 250 g/mol. The molecule has 1 aromatic heterocycles. The van der Waals surface area contributed by atoms with Gasteiger partial charge in [-0.25, -0.2) is 4.98 Å². The molecule has 0 spiro atoms. The second-order valence-corrected chi connectivity index (χ2v) is 4.22. The molecule has 3 heteroatoms. The topological polar surface area (TPSA) is 28.7 Å². The van der Waals surface area contributed by atoms with Crippen LogP contribution in [0.1, 0.15) is 11.5 Å². The van der Waals surface area contributed by atoms with Gasteiger partial charge >= 0.3 is 0 Å². The number of H-pyrrole nitrogens is 1. The molecule has 1 N–H and O–H groups in total. The quantitative estimate of drug-likeness (QED) is 0.826. The van der Waals surface area contributed by atoms with Gasteiger partial charge in [-0.15, -0.1) is 0 Å². The highest BCUT2D eigenvalue weighted by Crippen LogP contribution is 2.23. The van der Waals surface area contributed by atoms with E-state index in [1.165, 1.54) is 0 Å². The first-order chi connectivity index (χ1) is 6.66. The van der Waals surface area contributed by atoms with Gasteiger partial charge in [0.05, 0.1) is 5.69 Å². The maximum Gasteiger partial charge on any atom is 0.103 e. The largest absolute Gasteiger partial charge is 0.346 e. The van der Waals surface area contributed by atoms with Crippen LogP contribution in [0.3, 0.4) is 0 Å². The van der Waals surface area contributed by atoms with Gasteiger partial charge in [-0.05, 0) is 26.0 Å². The van der Waals surface area contributed by atoms with Crippen molar-refractivity contribution in [2.45, 2.75) is 13.8 Å². The number of aromatic nitrogens is 2. The maximum absolute atomic E-state index is 4.45. The molecule has 1 aromatic carbocycles. The second-order valence-electron chi connectivity index (χ2n) is 3.31. The van der Waals surface area contributed by atoms with Crippen LogP contribution in [0, 0.1) is 13.8 Å². The fourth-order valence-corrected chi connectivity index (χ4v) is 1.93. The summed E-state index contributed by atoms with van der Waals surface area (Å²) < 4.78 is 1.08. The third-order valence-corrected chi connectivity index (χ3v) is 2.59. The first-order valence-electron chi connectivity index (χ1n) is 4.46. The summed E-state index contributed by atoms with van der Waals surface area (Å²) in [4.78, 5) is 7.64. The molecule has 0 saturated carbocycles. The lowest BCUT2D eigenvalue weighted by molar-refractivity contribution is 1.13. The number of halogens is 1. The lowest BCUT2D eigenvalue weighted by atomic mass is 10.1. The Morgan fingerprint density at radius 2 is 2.07 bits per heavy atom. The van der Waals surface area contributed by atoms with Crippen LogP contribution >= 0.6 is 15.9 Å². The van der Waals surface area contributed by atoms with Gasteiger partial charge < -0.3 is 4.98 Å². The van der Waals surface area contributed by atoms with E-state index in [2.05, 4.69) is 38.0 Å². The van der Waals surface area contributed by atoms with Gasteiger partial charge in [0.1, 0.15) is 5.82 Å².